The SMILES string of the molecule is CC(Oc1ccc(Cl)cc1[N+](=O)[O-])c1nc(C2(N)CCC2)no1.Cl. The van der Waals surface area contributed by atoms with Crippen LogP contribution in [0.1, 0.15) is 44.0 Å². The summed E-state index contributed by atoms with van der Waals surface area (Å²) in [5, 5.41) is 15.2. The minimum Gasteiger partial charge on any atom is -0.474 e. The molecule has 0 bridgehead atoms. The highest BCUT2D eigenvalue weighted by atomic mass is 35.5. The summed E-state index contributed by atoms with van der Waals surface area (Å²) >= 11 is 5.78. The summed E-state index contributed by atoms with van der Waals surface area (Å²) in [5.41, 5.74) is 5.38. The molecular weight excluding hydrogens is 359 g/mol. The lowest BCUT2D eigenvalue weighted by Crippen LogP contribution is -2.44. The first-order valence-electron chi connectivity index (χ1n) is 7.12. The maximum Gasteiger partial charge on any atom is 0.312 e. The van der Waals surface area contributed by atoms with Crippen LogP contribution >= 0.6 is 24.0 Å². The van der Waals surface area contributed by atoms with Crippen molar-refractivity contribution in [2.24, 2.45) is 5.73 Å². The van der Waals surface area contributed by atoms with Crippen LogP contribution in [-0.2, 0) is 5.54 Å². The number of hydrogen-bond donors (Lipinski definition) is 1. The highest BCUT2D eigenvalue weighted by Crippen LogP contribution is 2.38. The zero-order chi connectivity index (χ0) is 16.6. The molecule has 1 unspecified atom stereocenters. The quantitative estimate of drug-likeness (QED) is 0.627. The summed E-state index contributed by atoms with van der Waals surface area (Å²) in [6.45, 7) is 1.67. The third-order valence-electron chi connectivity index (χ3n) is 3.90. The van der Waals surface area contributed by atoms with Crippen LogP contribution in [0.4, 0.5) is 5.69 Å². The van der Waals surface area contributed by atoms with Crippen molar-refractivity contribution in [3.63, 3.8) is 0 Å². The van der Waals surface area contributed by atoms with Crippen LogP contribution in [0.3, 0.4) is 0 Å². The van der Waals surface area contributed by atoms with E-state index in [1.54, 1.807) is 6.92 Å². The number of nitrogens with zero attached hydrogens (tertiary/aromatic N) is 3. The third-order valence-corrected chi connectivity index (χ3v) is 4.14. The first-order chi connectivity index (χ1) is 10.9. The average molecular weight is 375 g/mol. The van der Waals surface area contributed by atoms with Gasteiger partial charge in [-0.05, 0) is 38.3 Å². The fourth-order valence-corrected chi connectivity index (χ4v) is 2.52. The van der Waals surface area contributed by atoms with Crippen LogP contribution in [0.5, 0.6) is 5.75 Å². The monoisotopic (exact) mass is 374 g/mol. The molecule has 1 atom stereocenters. The highest BCUT2D eigenvalue weighted by Gasteiger charge is 2.39. The van der Waals surface area contributed by atoms with E-state index in [0.717, 1.165) is 19.3 Å². The number of hydrogen-bond acceptors (Lipinski definition) is 7. The van der Waals surface area contributed by atoms with Gasteiger partial charge in [-0.25, -0.2) is 0 Å². The molecule has 0 amide bonds. The van der Waals surface area contributed by atoms with E-state index in [4.69, 9.17) is 26.6 Å². The number of nitro groups is 1. The van der Waals surface area contributed by atoms with Gasteiger partial charge in [0.15, 0.2) is 17.7 Å². The lowest BCUT2D eigenvalue weighted by Gasteiger charge is -2.34. The van der Waals surface area contributed by atoms with Crippen molar-refractivity contribution in [2.75, 3.05) is 0 Å². The summed E-state index contributed by atoms with van der Waals surface area (Å²) in [6, 6.07) is 4.18. The molecule has 8 nitrogen and oxygen atoms in total. The first-order valence-corrected chi connectivity index (χ1v) is 7.50. The van der Waals surface area contributed by atoms with Gasteiger partial charge in [0.1, 0.15) is 0 Å². The molecule has 1 saturated carbocycles. The van der Waals surface area contributed by atoms with E-state index in [9.17, 15) is 10.1 Å². The maximum absolute atomic E-state index is 11.1. The Morgan fingerprint density at radius 1 is 1.50 bits per heavy atom. The summed E-state index contributed by atoms with van der Waals surface area (Å²) in [7, 11) is 0. The van der Waals surface area contributed by atoms with Gasteiger partial charge in [0.05, 0.1) is 10.5 Å². The zero-order valence-electron chi connectivity index (χ0n) is 12.8. The molecule has 0 saturated heterocycles. The number of rotatable bonds is 5. The molecule has 0 spiro atoms. The Balaban J connectivity index is 0.00000208. The van der Waals surface area contributed by atoms with Crippen molar-refractivity contribution >= 4 is 29.7 Å². The molecule has 1 fully saturated rings. The fraction of sp³-hybridized carbons (Fsp3) is 0.429. The van der Waals surface area contributed by atoms with E-state index in [1.807, 2.05) is 0 Å². The Bertz CT molecular complexity index is 748. The maximum atomic E-state index is 11.1. The van der Waals surface area contributed by atoms with E-state index >= 15 is 0 Å². The highest BCUT2D eigenvalue weighted by molar-refractivity contribution is 6.30. The van der Waals surface area contributed by atoms with Crippen molar-refractivity contribution in [3.05, 3.63) is 45.1 Å². The van der Waals surface area contributed by atoms with Crippen LogP contribution in [0, 0.1) is 10.1 Å². The van der Waals surface area contributed by atoms with Crippen molar-refractivity contribution in [1.82, 2.24) is 10.1 Å². The number of nitrogens with two attached hydrogens (primary N) is 1. The van der Waals surface area contributed by atoms with E-state index in [2.05, 4.69) is 10.1 Å². The van der Waals surface area contributed by atoms with Crippen molar-refractivity contribution < 1.29 is 14.2 Å². The van der Waals surface area contributed by atoms with Gasteiger partial charge >= 0.3 is 5.69 Å². The molecule has 10 heteroatoms. The average Bonchev–Trinajstić information content (AvgIpc) is 2.96. The van der Waals surface area contributed by atoms with E-state index < -0.39 is 16.6 Å². The molecule has 0 aliphatic heterocycles. The van der Waals surface area contributed by atoms with Gasteiger partial charge in [-0.1, -0.05) is 16.8 Å². The summed E-state index contributed by atoms with van der Waals surface area (Å²) in [5.74, 6) is 0.749. The Morgan fingerprint density at radius 2 is 2.21 bits per heavy atom. The van der Waals surface area contributed by atoms with Crippen LogP contribution < -0.4 is 10.5 Å². The topological polar surface area (TPSA) is 117 Å². The third kappa shape index (κ3) is 3.45. The predicted molar refractivity (Wildman–Crippen MR) is 88.4 cm³/mol. The lowest BCUT2D eigenvalue weighted by atomic mass is 9.77. The smallest absolute Gasteiger partial charge is 0.312 e. The Morgan fingerprint density at radius 3 is 2.79 bits per heavy atom. The van der Waals surface area contributed by atoms with E-state index in [0.29, 0.717) is 5.82 Å². The molecule has 1 aliphatic rings. The van der Waals surface area contributed by atoms with Crippen molar-refractivity contribution in [1.29, 1.82) is 0 Å². The fourth-order valence-electron chi connectivity index (χ4n) is 2.36. The molecule has 1 heterocycles. The molecule has 130 valence electrons. The van der Waals surface area contributed by atoms with Gasteiger partial charge in [0, 0.05) is 11.1 Å². The number of benzene rings is 1. The second-order valence-electron chi connectivity index (χ2n) is 5.60. The second kappa shape index (κ2) is 6.92. The Hall–Kier alpha value is -1.90. The van der Waals surface area contributed by atoms with Gasteiger partial charge in [-0.2, -0.15) is 4.98 Å². The molecule has 24 heavy (non-hydrogen) atoms. The van der Waals surface area contributed by atoms with Crippen LogP contribution in [0.25, 0.3) is 0 Å². The summed E-state index contributed by atoms with van der Waals surface area (Å²) in [6.07, 6.45) is 2.00. The minimum absolute atomic E-state index is 0. The molecule has 1 aliphatic carbocycles. The summed E-state index contributed by atoms with van der Waals surface area (Å²) < 4.78 is 10.8. The number of nitro benzene ring substituents is 1. The Labute approximate surface area is 148 Å². The molecule has 0 radical (unpaired) electrons. The first kappa shape index (κ1) is 18.4. The van der Waals surface area contributed by atoms with Crippen LogP contribution in [0.2, 0.25) is 5.02 Å². The van der Waals surface area contributed by atoms with Gasteiger partial charge < -0.3 is 15.0 Å². The molecule has 2 aromatic rings. The van der Waals surface area contributed by atoms with Gasteiger partial charge in [0.25, 0.3) is 5.89 Å². The van der Waals surface area contributed by atoms with Crippen molar-refractivity contribution in [3.8, 4) is 5.75 Å². The number of ether oxygens (including phenoxy) is 1. The largest absolute Gasteiger partial charge is 0.474 e. The predicted octanol–water partition coefficient (Wildman–Crippen LogP) is 3.53. The number of halogens is 2. The normalized spacial score (nSPS) is 16.6. The van der Waals surface area contributed by atoms with Crippen LogP contribution in [-0.4, -0.2) is 15.1 Å². The van der Waals surface area contributed by atoms with Gasteiger partial charge in [-0.15, -0.1) is 12.4 Å². The zero-order valence-corrected chi connectivity index (χ0v) is 14.3. The van der Waals surface area contributed by atoms with Crippen molar-refractivity contribution in [2.45, 2.75) is 37.8 Å². The summed E-state index contributed by atoms with van der Waals surface area (Å²) in [4.78, 5) is 14.8. The molecular formula is C14H16Cl2N4O4. The van der Waals surface area contributed by atoms with E-state index in [1.165, 1.54) is 18.2 Å². The van der Waals surface area contributed by atoms with Gasteiger partial charge in [-0.3, -0.25) is 10.1 Å². The van der Waals surface area contributed by atoms with E-state index in [-0.39, 0.29) is 34.8 Å². The Kier molecular flexibility index (Phi) is 5.32. The molecule has 1 aromatic carbocycles. The number of aromatic nitrogens is 2. The molecule has 1 aromatic heterocycles. The second-order valence-corrected chi connectivity index (χ2v) is 6.03. The minimum atomic E-state index is -0.653. The molecule has 2 N–H and O–H groups in total. The lowest BCUT2D eigenvalue weighted by molar-refractivity contribution is -0.386. The molecule has 3 rings (SSSR count). The standard InChI is InChI=1S/C14H15ClN4O4.ClH/c1-8(12-17-13(18-23-12)14(16)5-2-6-14)22-11-4-3-9(15)7-10(11)19(20)21;/h3-4,7-8H,2,5-6,16H2,1H3;1H. The van der Waals surface area contributed by atoms with Gasteiger partial charge in [0.2, 0.25) is 0 Å². The van der Waals surface area contributed by atoms with Crippen LogP contribution in [0.15, 0.2) is 22.7 Å².